The molecule has 6 heteroatoms. The van der Waals surface area contributed by atoms with Crippen LogP contribution in [0, 0.1) is 13.8 Å². The molecule has 3 heterocycles. The summed E-state index contributed by atoms with van der Waals surface area (Å²) in [5, 5.41) is 7.49. The number of rotatable bonds is 2. The zero-order valence-electron chi connectivity index (χ0n) is 15.9. The molecule has 5 rings (SSSR count). The molecule has 2 N–H and O–H groups in total. The zero-order chi connectivity index (χ0) is 18.5. The lowest BCUT2D eigenvalue weighted by Gasteiger charge is -2.23. The largest absolute Gasteiger partial charge is 0.340 e. The smallest absolute Gasteiger partial charge is 0.275 e. The summed E-state index contributed by atoms with van der Waals surface area (Å²) >= 11 is 0. The van der Waals surface area contributed by atoms with Crippen molar-refractivity contribution in [3.63, 3.8) is 0 Å². The molecule has 27 heavy (non-hydrogen) atoms. The Kier molecular flexibility index (Phi) is 3.81. The number of H-pyrrole nitrogens is 2. The van der Waals surface area contributed by atoms with Crippen molar-refractivity contribution in [2.75, 3.05) is 6.54 Å². The highest BCUT2D eigenvalue weighted by molar-refractivity contribution is 5.94. The molecule has 6 nitrogen and oxygen atoms in total. The molecular weight excluding hydrogens is 338 g/mol. The Morgan fingerprint density at radius 3 is 2.85 bits per heavy atom. The van der Waals surface area contributed by atoms with Crippen LogP contribution in [0.3, 0.4) is 0 Å². The summed E-state index contributed by atoms with van der Waals surface area (Å²) in [4.78, 5) is 23.5. The van der Waals surface area contributed by atoms with Gasteiger partial charge in [0.05, 0.1) is 17.1 Å². The van der Waals surface area contributed by atoms with Gasteiger partial charge in [0.15, 0.2) is 5.69 Å². The van der Waals surface area contributed by atoms with Gasteiger partial charge >= 0.3 is 0 Å². The standard InChI is InChI=1S/C21H25N5O/c1-12-10-16-17(11-13(12)2)23-20(22-16)18-8-5-9-26(18)21(27)19-14-6-3-4-7-15(14)24-25-19/h10-11,18H,3-9H2,1-2H3,(H,22,23)(H,24,25)/t18-/m1/s1. The molecule has 2 aromatic heterocycles. The highest BCUT2D eigenvalue weighted by atomic mass is 16.2. The summed E-state index contributed by atoms with van der Waals surface area (Å²) in [6.45, 7) is 4.98. The van der Waals surface area contributed by atoms with Crippen LogP contribution in [0.5, 0.6) is 0 Å². The van der Waals surface area contributed by atoms with E-state index in [9.17, 15) is 4.79 Å². The number of imidazole rings is 1. The summed E-state index contributed by atoms with van der Waals surface area (Å²) in [5.74, 6) is 0.940. The van der Waals surface area contributed by atoms with E-state index in [-0.39, 0.29) is 11.9 Å². The number of aryl methyl sites for hydroxylation is 3. The first-order valence-electron chi connectivity index (χ1n) is 9.96. The lowest BCUT2D eigenvalue weighted by molar-refractivity contribution is 0.0723. The van der Waals surface area contributed by atoms with Crippen molar-refractivity contribution in [1.82, 2.24) is 25.1 Å². The van der Waals surface area contributed by atoms with Gasteiger partial charge in [0.1, 0.15) is 5.82 Å². The van der Waals surface area contributed by atoms with Gasteiger partial charge in [-0.15, -0.1) is 0 Å². The van der Waals surface area contributed by atoms with Gasteiger partial charge in [-0.1, -0.05) is 0 Å². The molecule has 3 aromatic rings. The number of aromatic amines is 2. The maximum absolute atomic E-state index is 13.3. The number of fused-ring (bicyclic) bond motifs is 2. The molecule has 1 aromatic carbocycles. The maximum atomic E-state index is 13.3. The number of nitrogens with one attached hydrogen (secondary N) is 2. The molecular formula is C21H25N5O. The van der Waals surface area contributed by atoms with Gasteiger partial charge in [0.25, 0.3) is 5.91 Å². The third kappa shape index (κ3) is 2.66. The van der Waals surface area contributed by atoms with E-state index >= 15 is 0 Å². The van der Waals surface area contributed by atoms with Crippen molar-refractivity contribution in [2.24, 2.45) is 0 Å². The molecule has 1 atom stereocenters. The van der Waals surface area contributed by atoms with Crippen molar-refractivity contribution < 1.29 is 4.79 Å². The molecule has 0 spiro atoms. The second-order valence-electron chi connectivity index (χ2n) is 7.97. The fourth-order valence-corrected chi connectivity index (χ4v) is 4.53. The van der Waals surface area contributed by atoms with Gasteiger partial charge in [-0.3, -0.25) is 9.89 Å². The normalized spacial score (nSPS) is 19.6. The number of amides is 1. The Balaban J connectivity index is 1.48. The van der Waals surface area contributed by atoms with Crippen LogP contribution < -0.4 is 0 Å². The van der Waals surface area contributed by atoms with Gasteiger partial charge in [-0.2, -0.15) is 5.10 Å². The second-order valence-corrected chi connectivity index (χ2v) is 7.97. The number of likely N-dealkylation sites (tertiary alicyclic amines) is 1. The lowest BCUT2D eigenvalue weighted by Crippen LogP contribution is -2.32. The fraction of sp³-hybridized carbons (Fsp3) is 0.476. The van der Waals surface area contributed by atoms with E-state index in [4.69, 9.17) is 4.98 Å². The average molecular weight is 363 g/mol. The van der Waals surface area contributed by atoms with Crippen molar-refractivity contribution in [2.45, 2.75) is 58.4 Å². The molecule has 1 amide bonds. The minimum atomic E-state index is 0.00135. The van der Waals surface area contributed by atoms with E-state index < -0.39 is 0 Å². The molecule has 1 aliphatic carbocycles. The number of carbonyl (C=O) groups excluding carboxylic acids is 1. The predicted molar refractivity (Wildman–Crippen MR) is 104 cm³/mol. The number of hydrogen-bond acceptors (Lipinski definition) is 3. The topological polar surface area (TPSA) is 77.7 Å². The number of nitrogens with zero attached hydrogens (tertiary/aromatic N) is 3. The number of hydrogen-bond donors (Lipinski definition) is 2. The van der Waals surface area contributed by atoms with Gasteiger partial charge in [-0.25, -0.2) is 4.98 Å². The predicted octanol–water partition coefficient (Wildman–Crippen LogP) is 3.76. The van der Waals surface area contributed by atoms with Crippen LogP contribution in [0.2, 0.25) is 0 Å². The van der Waals surface area contributed by atoms with E-state index in [1.807, 2.05) is 4.90 Å². The zero-order valence-corrected chi connectivity index (χ0v) is 15.9. The summed E-state index contributed by atoms with van der Waals surface area (Å²) in [5.41, 5.74) is 7.42. The summed E-state index contributed by atoms with van der Waals surface area (Å²) < 4.78 is 0. The van der Waals surface area contributed by atoms with Crippen molar-refractivity contribution in [3.05, 3.63) is 46.0 Å². The van der Waals surface area contributed by atoms with E-state index in [0.717, 1.165) is 66.8 Å². The van der Waals surface area contributed by atoms with Gasteiger partial charge in [0, 0.05) is 17.8 Å². The quantitative estimate of drug-likeness (QED) is 0.728. The van der Waals surface area contributed by atoms with Crippen LogP contribution in [0.4, 0.5) is 0 Å². The van der Waals surface area contributed by atoms with Gasteiger partial charge in [-0.05, 0) is 75.6 Å². The third-order valence-electron chi connectivity index (χ3n) is 6.20. The first kappa shape index (κ1) is 16.5. The minimum Gasteiger partial charge on any atom is -0.340 e. The molecule has 0 unspecified atom stereocenters. The Hall–Kier alpha value is -2.63. The van der Waals surface area contributed by atoms with E-state index in [0.29, 0.717) is 5.69 Å². The molecule has 140 valence electrons. The molecule has 0 bridgehead atoms. The lowest BCUT2D eigenvalue weighted by atomic mass is 9.95. The third-order valence-corrected chi connectivity index (χ3v) is 6.20. The summed E-state index contributed by atoms with van der Waals surface area (Å²) in [7, 11) is 0. The summed E-state index contributed by atoms with van der Waals surface area (Å²) in [6, 6.07) is 4.27. The van der Waals surface area contributed by atoms with Crippen LogP contribution in [0.15, 0.2) is 12.1 Å². The van der Waals surface area contributed by atoms with Crippen LogP contribution in [0.25, 0.3) is 11.0 Å². The Morgan fingerprint density at radius 2 is 1.96 bits per heavy atom. The van der Waals surface area contributed by atoms with E-state index in [2.05, 4.69) is 41.2 Å². The Bertz CT molecular complexity index is 992. The highest BCUT2D eigenvalue weighted by Gasteiger charge is 2.35. The SMILES string of the molecule is Cc1cc2nc([C@H]3CCCN3C(=O)c3n[nH]c4c3CCCC4)[nH]c2cc1C. The number of benzene rings is 1. The fourth-order valence-electron chi connectivity index (χ4n) is 4.53. The van der Waals surface area contributed by atoms with Crippen LogP contribution in [-0.4, -0.2) is 37.5 Å². The maximum Gasteiger partial charge on any atom is 0.275 e. The monoisotopic (exact) mass is 363 g/mol. The Morgan fingerprint density at radius 1 is 1.15 bits per heavy atom. The first-order chi connectivity index (χ1) is 13.1. The van der Waals surface area contributed by atoms with Crippen LogP contribution in [-0.2, 0) is 12.8 Å². The van der Waals surface area contributed by atoms with Crippen LogP contribution >= 0.6 is 0 Å². The molecule has 0 saturated carbocycles. The molecule has 1 saturated heterocycles. The second kappa shape index (κ2) is 6.22. The Labute approximate surface area is 158 Å². The van der Waals surface area contributed by atoms with Crippen LogP contribution in [0.1, 0.15) is 70.4 Å². The summed E-state index contributed by atoms with van der Waals surface area (Å²) in [6.07, 6.45) is 6.20. The van der Waals surface area contributed by atoms with Crippen molar-refractivity contribution in [3.8, 4) is 0 Å². The number of aromatic nitrogens is 4. The molecule has 1 aliphatic heterocycles. The average Bonchev–Trinajstić information content (AvgIpc) is 3.39. The molecule has 0 radical (unpaired) electrons. The van der Waals surface area contributed by atoms with Crippen molar-refractivity contribution in [1.29, 1.82) is 0 Å². The molecule has 2 aliphatic rings. The molecule has 1 fully saturated rings. The van der Waals surface area contributed by atoms with E-state index in [1.54, 1.807) is 0 Å². The first-order valence-corrected chi connectivity index (χ1v) is 9.96. The highest BCUT2D eigenvalue weighted by Crippen LogP contribution is 2.34. The van der Waals surface area contributed by atoms with Gasteiger partial charge < -0.3 is 9.88 Å². The minimum absolute atomic E-state index is 0.00135. The van der Waals surface area contributed by atoms with E-state index in [1.165, 1.54) is 17.5 Å². The number of carbonyl (C=O) groups is 1. The van der Waals surface area contributed by atoms with Gasteiger partial charge in [0.2, 0.25) is 0 Å². The van der Waals surface area contributed by atoms with Crippen molar-refractivity contribution >= 4 is 16.9 Å².